The summed E-state index contributed by atoms with van der Waals surface area (Å²) in [5.41, 5.74) is 0. The lowest BCUT2D eigenvalue weighted by atomic mass is 10.0. The number of piperazine rings is 2. The average molecular weight is 335 g/mol. The van der Waals surface area contributed by atoms with Gasteiger partial charge < -0.3 is 19.4 Å². The smallest absolute Gasteiger partial charge is 0.410 e. The van der Waals surface area contributed by atoms with E-state index in [1.165, 1.54) is 39.0 Å². The summed E-state index contributed by atoms with van der Waals surface area (Å²) in [5.74, 6) is -0.512. The Morgan fingerprint density at radius 2 is 1.83 bits per heavy atom. The summed E-state index contributed by atoms with van der Waals surface area (Å²) in [6, 6.07) is 3.92. The van der Waals surface area contributed by atoms with Crippen LogP contribution < -0.4 is 4.74 Å². The highest BCUT2D eigenvalue weighted by atomic mass is 19.1. The second-order valence-electron chi connectivity index (χ2n) is 5.94. The maximum atomic E-state index is 12.9. The van der Waals surface area contributed by atoms with Gasteiger partial charge in [0.1, 0.15) is 23.7 Å². The molecule has 0 N–H and O–H groups in total. The van der Waals surface area contributed by atoms with Crippen molar-refractivity contribution in [2.45, 2.75) is 19.0 Å². The van der Waals surface area contributed by atoms with Crippen LogP contribution >= 0.6 is 0 Å². The molecule has 2 saturated heterocycles. The van der Waals surface area contributed by atoms with Crippen molar-refractivity contribution in [1.82, 2.24) is 14.7 Å². The van der Waals surface area contributed by atoms with Crippen molar-refractivity contribution in [3.05, 3.63) is 30.1 Å². The molecule has 0 bridgehead atoms. The number of fused-ring (bicyclic) bond motifs is 1. The Labute approximate surface area is 138 Å². The topological polar surface area (TPSA) is 70.2 Å². The van der Waals surface area contributed by atoms with E-state index in [1.807, 2.05) is 0 Å². The minimum atomic E-state index is -0.687. The number of benzene rings is 1. The lowest BCUT2D eigenvalue weighted by molar-refractivity contribution is -0.162. The molecule has 2 heterocycles. The monoisotopic (exact) mass is 335 g/mol. The van der Waals surface area contributed by atoms with Crippen LogP contribution in [0.1, 0.15) is 6.92 Å². The van der Waals surface area contributed by atoms with Crippen molar-refractivity contribution in [2.24, 2.45) is 0 Å². The zero-order valence-electron chi connectivity index (χ0n) is 13.4. The fraction of sp³-hybridized carbons (Fsp3) is 0.438. The molecule has 7 nitrogen and oxygen atoms in total. The second kappa shape index (κ2) is 6.10. The molecule has 0 spiro atoms. The Bertz CT molecular complexity index is 678. The molecule has 2 aliphatic rings. The van der Waals surface area contributed by atoms with Crippen molar-refractivity contribution in [3.63, 3.8) is 0 Å². The van der Waals surface area contributed by atoms with Crippen molar-refractivity contribution in [1.29, 1.82) is 0 Å². The van der Waals surface area contributed by atoms with Crippen LogP contribution in [0.25, 0.3) is 0 Å². The van der Waals surface area contributed by atoms with Crippen LogP contribution in [0, 0.1) is 5.82 Å². The average Bonchev–Trinajstić information content (AvgIpc) is 2.59. The number of ether oxygens (including phenoxy) is 1. The number of nitrogens with zero attached hydrogens (tertiary/aromatic N) is 3. The minimum Gasteiger partial charge on any atom is -0.410 e. The van der Waals surface area contributed by atoms with E-state index in [2.05, 4.69) is 0 Å². The first kappa shape index (κ1) is 16.2. The second-order valence-corrected chi connectivity index (χ2v) is 5.94. The SMILES string of the molecule is C[C@H]1C(=O)N2CCN(C(=O)Oc3ccc(F)cc3)C[C@@H]2C(=O)N1C. The molecule has 2 atom stereocenters. The molecular weight excluding hydrogens is 317 g/mol. The van der Waals surface area contributed by atoms with E-state index >= 15 is 0 Å². The Morgan fingerprint density at radius 1 is 1.17 bits per heavy atom. The highest BCUT2D eigenvalue weighted by Gasteiger charge is 2.45. The fourth-order valence-corrected chi connectivity index (χ4v) is 2.92. The van der Waals surface area contributed by atoms with Crippen LogP contribution in [-0.4, -0.2) is 71.4 Å². The van der Waals surface area contributed by atoms with Crippen molar-refractivity contribution in [2.75, 3.05) is 26.7 Å². The summed E-state index contributed by atoms with van der Waals surface area (Å²) >= 11 is 0. The summed E-state index contributed by atoms with van der Waals surface area (Å²) in [4.78, 5) is 41.2. The molecule has 0 aliphatic carbocycles. The number of carbonyl (C=O) groups is 3. The first-order chi connectivity index (χ1) is 11.4. The molecule has 2 aliphatic heterocycles. The van der Waals surface area contributed by atoms with Crippen molar-refractivity contribution < 1.29 is 23.5 Å². The van der Waals surface area contributed by atoms with Gasteiger partial charge in [0.15, 0.2) is 0 Å². The molecular formula is C16H18FN3O4. The Balaban J connectivity index is 1.69. The summed E-state index contributed by atoms with van der Waals surface area (Å²) in [6.07, 6.45) is -0.622. The van der Waals surface area contributed by atoms with E-state index in [-0.39, 0.29) is 37.2 Å². The minimum absolute atomic E-state index is 0.0850. The van der Waals surface area contributed by atoms with Crippen LogP contribution in [0.2, 0.25) is 0 Å². The van der Waals surface area contributed by atoms with Crippen LogP contribution in [0.15, 0.2) is 24.3 Å². The molecule has 0 aromatic heterocycles. The molecule has 1 aromatic carbocycles. The molecule has 0 saturated carbocycles. The standard InChI is InChI=1S/C16H18FN3O4/c1-10-14(21)20-8-7-19(9-13(20)15(22)18(10)2)16(23)24-12-5-3-11(17)4-6-12/h3-6,10,13H,7-9H2,1-2H3/t10-,13+/m0/s1. The number of rotatable bonds is 1. The molecule has 8 heteroatoms. The highest BCUT2D eigenvalue weighted by molar-refractivity contribution is 5.97. The highest BCUT2D eigenvalue weighted by Crippen LogP contribution is 2.22. The van der Waals surface area contributed by atoms with Crippen LogP contribution in [0.3, 0.4) is 0 Å². The molecule has 2 fully saturated rings. The number of hydrogen-bond donors (Lipinski definition) is 0. The maximum absolute atomic E-state index is 12.9. The van der Waals surface area contributed by atoms with Gasteiger partial charge >= 0.3 is 6.09 Å². The first-order valence-corrected chi connectivity index (χ1v) is 7.68. The van der Waals surface area contributed by atoms with Gasteiger partial charge in [-0.25, -0.2) is 9.18 Å². The van der Waals surface area contributed by atoms with E-state index in [4.69, 9.17) is 4.74 Å². The van der Waals surface area contributed by atoms with Crippen LogP contribution in [0.4, 0.5) is 9.18 Å². The third-order valence-electron chi connectivity index (χ3n) is 4.51. The third-order valence-corrected chi connectivity index (χ3v) is 4.51. The van der Waals surface area contributed by atoms with Crippen molar-refractivity contribution in [3.8, 4) is 5.75 Å². The quantitative estimate of drug-likeness (QED) is 0.757. The summed E-state index contributed by atoms with van der Waals surface area (Å²) in [5, 5.41) is 0. The van der Waals surface area contributed by atoms with Gasteiger partial charge in [-0.1, -0.05) is 0 Å². The van der Waals surface area contributed by atoms with E-state index in [0.717, 1.165) is 0 Å². The van der Waals surface area contributed by atoms with Gasteiger partial charge in [0.25, 0.3) is 0 Å². The van der Waals surface area contributed by atoms with E-state index in [0.29, 0.717) is 0 Å². The Morgan fingerprint density at radius 3 is 2.50 bits per heavy atom. The molecule has 0 unspecified atom stereocenters. The molecule has 3 amide bonds. The Hall–Kier alpha value is -2.64. The van der Waals surface area contributed by atoms with Gasteiger partial charge in [-0.05, 0) is 31.2 Å². The van der Waals surface area contributed by atoms with Gasteiger partial charge in [-0.2, -0.15) is 0 Å². The lowest BCUT2D eigenvalue weighted by Gasteiger charge is -2.47. The fourth-order valence-electron chi connectivity index (χ4n) is 2.92. The number of halogens is 1. The van der Waals surface area contributed by atoms with Crippen LogP contribution in [0.5, 0.6) is 5.75 Å². The molecule has 3 rings (SSSR count). The number of amides is 3. The third kappa shape index (κ3) is 2.79. The maximum Gasteiger partial charge on any atom is 0.415 e. The predicted molar refractivity (Wildman–Crippen MR) is 81.7 cm³/mol. The van der Waals surface area contributed by atoms with Gasteiger partial charge in [-0.15, -0.1) is 0 Å². The van der Waals surface area contributed by atoms with Gasteiger partial charge in [0.2, 0.25) is 11.8 Å². The predicted octanol–water partition coefficient (Wildman–Crippen LogP) is 0.698. The molecule has 0 radical (unpaired) electrons. The summed E-state index contributed by atoms with van der Waals surface area (Å²) < 4.78 is 18.1. The van der Waals surface area contributed by atoms with Gasteiger partial charge in [0, 0.05) is 20.1 Å². The zero-order valence-corrected chi connectivity index (χ0v) is 13.4. The van der Waals surface area contributed by atoms with E-state index in [9.17, 15) is 18.8 Å². The zero-order chi connectivity index (χ0) is 17.4. The first-order valence-electron chi connectivity index (χ1n) is 7.68. The summed E-state index contributed by atoms with van der Waals surface area (Å²) in [6.45, 7) is 2.34. The van der Waals surface area contributed by atoms with Gasteiger partial charge in [0.05, 0.1) is 6.54 Å². The van der Waals surface area contributed by atoms with Crippen LogP contribution in [-0.2, 0) is 9.59 Å². The normalized spacial score (nSPS) is 24.0. The van der Waals surface area contributed by atoms with Crippen molar-refractivity contribution >= 4 is 17.9 Å². The molecule has 128 valence electrons. The van der Waals surface area contributed by atoms with E-state index < -0.39 is 24.0 Å². The molecule has 1 aromatic rings. The number of carbonyl (C=O) groups excluding carboxylic acids is 3. The lowest BCUT2D eigenvalue weighted by Crippen LogP contribution is -2.69. The summed E-state index contributed by atoms with van der Waals surface area (Å²) in [7, 11) is 1.58. The molecule has 24 heavy (non-hydrogen) atoms. The van der Waals surface area contributed by atoms with E-state index in [1.54, 1.807) is 14.0 Å². The Kier molecular flexibility index (Phi) is 4.13. The number of hydrogen-bond acceptors (Lipinski definition) is 4. The largest absolute Gasteiger partial charge is 0.415 e. The van der Waals surface area contributed by atoms with Gasteiger partial charge in [-0.3, -0.25) is 9.59 Å². The number of likely N-dealkylation sites (N-methyl/N-ethyl adjacent to an activating group) is 1.